The van der Waals surface area contributed by atoms with Crippen LogP contribution in [0.4, 0.5) is 22.0 Å². The van der Waals surface area contributed by atoms with Crippen LogP contribution in [0.2, 0.25) is 0 Å². The Bertz CT molecular complexity index is 684. The minimum absolute atomic E-state index is 0.0789. The molecule has 3 nitrogen and oxygen atoms in total. The zero-order chi connectivity index (χ0) is 17.5. The number of alkyl halides is 5. The molecule has 10 heteroatoms. The summed E-state index contributed by atoms with van der Waals surface area (Å²) in [6.07, 6.45) is -3.07. The number of hydrogen-bond donors (Lipinski definition) is 0. The van der Waals surface area contributed by atoms with E-state index in [1.807, 2.05) is 0 Å². The molecule has 1 aliphatic heterocycles. The van der Waals surface area contributed by atoms with Gasteiger partial charge in [-0.2, -0.15) is 22.0 Å². The molecule has 1 aromatic carbocycles. The number of piperidine rings is 1. The highest BCUT2D eigenvalue weighted by atomic mass is 79.9. The van der Waals surface area contributed by atoms with Crippen LogP contribution in [0.3, 0.4) is 0 Å². The Morgan fingerprint density at radius 1 is 1.00 bits per heavy atom. The van der Waals surface area contributed by atoms with Crippen LogP contribution in [0.25, 0.3) is 0 Å². The predicted molar refractivity (Wildman–Crippen MR) is 76.7 cm³/mol. The van der Waals surface area contributed by atoms with Gasteiger partial charge in [0.1, 0.15) is 0 Å². The van der Waals surface area contributed by atoms with E-state index in [4.69, 9.17) is 0 Å². The molecule has 1 heterocycles. The SMILES string of the molecule is O=S(=O)(c1ccc(C(F)(F)F)cc1Br)C(F)(F)N1CCCCC1. The Hall–Kier alpha value is -0.740. The summed E-state index contributed by atoms with van der Waals surface area (Å²) in [5, 5.41) is -4.17. The summed E-state index contributed by atoms with van der Waals surface area (Å²) in [6, 6.07) is 1.52. The second-order valence-corrected chi connectivity index (χ2v) is 7.97. The summed E-state index contributed by atoms with van der Waals surface area (Å²) < 4.78 is 90.5. The normalized spacial score (nSPS) is 18.2. The molecule has 1 aliphatic rings. The fourth-order valence-electron chi connectivity index (χ4n) is 2.35. The van der Waals surface area contributed by atoms with Gasteiger partial charge in [-0.05, 0) is 47.0 Å². The highest BCUT2D eigenvalue weighted by molar-refractivity contribution is 9.10. The lowest BCUT2D eigenvalue weighted by atomic mass is 10.1. The summed E-state index contributed by atoms with van der Waals surface area (Å²) in [7, 11) is -5.15. The third kappa shape index (κ3) is 3.53. The van der Waals surface area contributed by atoms with Gasteiger partial charge in [0.2, 0.25) is 0 Å². The number of benzene rings is 1. The van der Waals surface area contributed by atoms with Gasteiger partial charge in [0.25, 0.3) is 9.84 Å². The van der Waals surface area contributed by atoms with E-state index in [0.29, 0.717) is 35.9 Å². The average Bonchev–Trinajstić information content (AvgIpc) is 2.46. The Morgan fingerprint density at radius 3 is 2.04 bits per heavy atom. The van der Waals surface area contributed by atoms with Gasteiger partial charge in [-0.3, -0.25) is 0 Å². The predicted octanol–water partition coefficient (Wildman–Crippen LogP) is 4.28. The Labute approximate surface area is 138 Å². The first-order valence-corrected chi connectivity index (χ1v) is 9.00. The number of sulfone groups is 1. The van der Waals surface area contributed by atoms with Crippen molar-refractivity contribution in [3.8, 4) is 0 Å². The van der Waals surface area contributed by atoms with Crippen molar-refractivity contribution in [2.75, 3.05) is 13.1 Å². The molecular formula is C13H13BrF5NO2S. The molecule has 0 radical (unpaired) electrons. The molecule has 0 unspecified atom stereocenters. The molecule has 0 spiro atoms. The van der Waals surface area contributed by atoms with E-state index < -0.39 is 36.3 Å². The van der Waals surface area contributed by atoms with Crippen LogP contribution in [-0.2, 0) is 16.0 Å². The Balaban J connectivity index is 2.43. The molecule has 0 bridgehead atoms. The van der Waals surface area contributed by atoms with Crippen LogP contribution in [-0.4, -0.2) is 31.8 Å². The maximum atomic E-state index is 14.4. The smallest absolute Gasteiger partial charge is 0.230 e. The van der Waals surface area contributed by atoms with Crippen LogP contribution < -0.4 is 0 Å². The van der Waals surface area contributed by atoms with Crippen molar-refractivity contribution in [1.29, 1.82) is 0 Å². The number of likely N-dealkylation sites (tertiary alicyclic amines) is 1. The number of hydrogen-bond acceptors (Lipinski definition) is 3. The number of rotatable bonds is 3. The first kappa shape index (κ1) is 18.6. The van der Waals surface area contributed by atoms with Crippen molar-refractivity contribution in [3.63, 3.8) is 0 Å². The monoisotopic (exact) mass is 421 g/mol. The van der Waals surface area contributed by atoms with Gasteiger partial charge in [-0.15, -0.1) is 0 Å². The molecule has 23 heavy (non-hydrogen) atoms. The molecule has 0 saturated carbocycles. The molecule has 1 aromatic rings. The highest BCUT2D eigenvalue weighted by Crippen LogP contribution is 2.39. The van der Waals surface area contributed by atoms with Gasteiger partial charge in [0.05, 0.1) is 10.5 Å². The quantitative estimate of drug-likeness (QED) is 0.539. The lowest BCUT2D eigenvalue weighted by molar-refractivity contribution is -0.137. The van der Waals surface area contributed by atoms with Gasteiger partial charge in [0.15, 0.2) is 0 Å². The van der Waals surface area contributed by atoms with Crippen LogP contribution in [0.5, 0.6) is 0 Å². The van der Waals surface area contributed by atoms with Crippen LogP contribution in [0, 0.1) is 0 Å². The summed E-state index contributed by atoms with van der Waals surface area (Å²) >= 11 is 2.66. The van der Waals surface area contributed by atoms with Crippen LogP contribution >= 0.6 is 15.9 Å². The third-order valence-corrected chi connectivity index (χ3v) is 6.35. The summed E-state index contributed by atoms with van der Waals surface area (Å²) in [4.78, 5) is -0.309. The molecule has 0 aromatic heterocycles. The Morgan fingerprint density at radius 2 is 1.57 bits per heavy atom. The molecule has 0 atom stereocenters. The van der Waals surface area contributed by atoms with E-state index in [2.05, 4.69) is 15.9 Å². The van der Waals surface area contributed by atoms with Crippen molar-refractivity contribution in [2.45, 2.75) is 35.7 Å². The highest BCUT2D eigenvalue weighted by Gasteiger charge is 2.52. The fourth-order valence-corrected chi connectivity index (χ4v) is 4.72. The number of halogens is 6. The topological polar surface area (TPSA) is 37.4 Å². The standard InChI is InChI=1S/C13H13BrF5NO2S/c14-10-8-9(12(15,16)17)4-5-11(10)23(21,22)13(18,19)20-6-2-1-3-7-20/h4-5,8H,1-3,6-7H2. The van der Waals surface area contributed by atoms with Crippen molar-refractivity contribution >= 4 is 25.8 Å². The summed E-state index contributed by atoms with van der Waals surface area (Å²) in [5.41, 5.74) is -1.12. The van der Waals surface area contributed by atoms with Gasteiger partial charge >= 0.3 is 11.6 Å². The average molecular weight is 422 g/mol. The van der Waals surface area contributed by atoms with E-state index in [0.717, 1.165) is 6.42 Å². The largest absolute Gasteiger partial charge is 0.416 e. The van der Waals surface area contributed by atoms with Crippen molar-refractivity contribution in [2.24, 2.45) is 0 Å². The third-order valence-electron chi connectivity index (χ3n) is 3.60. The van der Waals surface area contributed by atoms with Crippen molar-refractivity contribution in [1.82, 2.24) is 4.90 Å². The van der Waals surface area contributed by atoms with Crippen LogP contribution in [0.1, 0.15) is 24.8 Å². The van der Waals surface area contributed by atoms with E-state index in [-0.39, 0.29) is 13.1 Å². The molecule has 1 fully saturated rings. The summed E-state index contributed by atoms with van der Waals surface area (Å²) in [5.74, 6) is 0. The molecule has 130 valence electrons. The zero-order valence-corrected chi connectivity index (χ0v) is 14.1. The molecule has 0 amide bonds. The van der Waals surface area contributed by atoms with Gasteiger partial charge < -0.3 is 0 Å². The fraction of sp³-hybridized carbons (Fsp3) is 0.538. The minimum atomic E-state index is -5.15. The first-order chi connectivity index (χ1) is 10.5. The number of nitrogens with zero attached hydrogens (tertiary/aromatic N) is 1. The van der Waals surface area contributed by atoms with E-state index >= 15 is 0 Å². The molecular weight excluding hydrogens is 409 g/mol. The van der Waals surface area contributed by atoms with Crippen molar-refractivity contribution in [3.05, 3.63) is 28.2 Å². The lowest BCUT2D eigenvalue weighted by Gasteiger charge is -2.33. The maximum Gasteiger partial charge on any atom is 0.416 e. The van der Waals surface area contributed by atoms with Crippen LogP contribution in [0.15, 0.2) is 27.6 Å². The molecule has 1 saturated heterocycles. The van der Waals surface area contributed by atoms with Gasteiger partial charge in [0, 0.05) is 17.6 Å². The second-order valence-electron chi connectivity index (χ2n) is 5.18. The van der Waals surface area contributed by atoms with E-state index in [1.165, 1.54) is 0 Å². The first-order valence-electron chi connectivity index (χ1n) is 6.72. The second kappa shape index (κ2) is 6.29. The molecule has 2 rings (SSSR count). The zero-order valence-electron chi connectivity index (χ0n) is 11.7. The molecule has 0 N–H and O–H groups in total. The van der Waals surface area contributed by atoms with Gasteiger partial charge in [-0.1, -0.05) is 6.42 Å². The van der Waals surface area contributed by atoms with E-state index in [1.54, 1.807) is 0 Å². The van der Waals surface area contributed by atoms with Crippen molar-refractivity contribution < 1.29 is 30.4 Å². The lowest BCUT2D eigenvalue weighted by Crippen LogP contribution is -2.49. The maximum absolute atomic E-state index is 14.4. The van der Waals surface area contributed by atoms with E-state index in [9.17, 15) is 30.4 Å². The Kier molecular flexibility index (Phi) is 5.08. The van der Waals surface area contributed by atoms with Gasteiger partial charge in [-0.25, -0.2) is 13.3 Å². The molecule has 0 aliphatic carbocycles. The summed E-state index contributed by atoms with van der Waals surface area (Å²) in [6.45, 7) is -0.158. The minimum Gasteiger partial charge on any atom is -0.230 e.